The van der Waals surface area contributed by atoms with Crippen LogP contribution < -0.4 is 10.4 Å². The van der Waals surface area contributed by atoms with Crippen LogP contribution in [0.5, 0.6) is 5.75 Å². The summed E-state index contributed by atoms with van der Waals surface area (Å²) < 4.78 is 11.2. The van der Waals surface area contributed by atoms with Gasteiger partial charge in [0, 0.05) is 56.6 Å². The fourth-order valence-corrected chi connectivity index (χ4v) is 3.98. The van der Waals surface area contributed by atoms with Gasteiger partial charge in [-0.3, -0.25) is 14.7 Å². The minimum absolute atomic E-state index is 0.0142. The first-order valence-corrected chi connectivity index (χ1v) is 10.6. The number of fused-ring (bicyclic) bond motifs is 1. The Bertz CT molecular complexity index is 1110. The molecule has 1 saturated heterocycles. The van der Waals surface area contributed by atoms with Gasteiger partial charge in [0.05, 0.1) is 0 Å². The summed E-state index contributed by atoms with van der Waals surface area (Å²) in [6.45, 7) is 7.64. The normalized spacial score (nSPS) is 16.1. The molecular formula is C24H27N3O4. The second-order valence-corrected chi connectivity index (χ2v) is 7.98. The lowest BCUT2D eigenvalue weighted by Crippen LogP contribution is -2.42. The fraction of sp³-hybridized carbons (Fsp3) is 0.375. The highest BCUT2D eigenvalue weighted by molar-refractivity contribution is 5.83. The van der Waals surface area contributed by atoms with E-state index in [0.29, 0.717) is 17.9 Å². The molecule has 1 aliphatic rings. The predicted octanol–water partition coefficient (Wildman–Crippen LogP) is 3.00. The Morgan fingerprint density at radius 1 is 1.19 bits per heavy atom. The molecule has 0 N–H and O–H groups in total. The monoisotopic (exact) mass is 421 g/mol. The highest BCUT2D eigenvalue weighted by Gasteiger charge is 2.25. The van der Waals surface area contributed by atoms with E-state index >= 15 is 0 Å². The van der Waals surface area contributed by atoms with Crippen LogP contribution in [0.1, 0.15) is 24.5 Å². The highest BCUT2D eigenvalue weighted by atomic mass is 16.5. The SMILES string of the molecule is Cc1cc(=O)oc2ccc(OC(C)C(=O)N3CCCN(Cc4cccnc4)CC3)cc12. The molecule has 0 spiro atoms. The first-order chi connectivity index (χ1) is 15.0. The average molecular weight is 421 g/mol. The Kier molecular flexibility index (Phi) is 6.32. The van der Waals surface area contributed by atoms with Gasteiger partial charge in [-0.05, 0) is 55.7 Å². The van der Waals surface area contributed by atoms with Gasteiger partial charge in [-0.2, -0.15) is 0 Å². The van der Waals surface area contributed by atoms with Crippen LogP contribution >= 0.6 is 0 Å². The maximum Gasteiger partial charge on any atom is 0.336 e. The van der Waals surface area contributed by atoms with Crippen molar-refractivity contribution in [2.24, 2.45) is 0 Å². The number of carbonyl (C=O) groups is 1. The summed E-state index contributed by atoms with van der Waals surface area (Å²) >= 11 is 0. The minimum atomic E-state index is -0.599. The zero-order chi connectivity index (χ0) is 21.8. The number of nitrogens with zero attached hydrogens (tertiary/aromatic N) is 3. The van der Waals surface area contributed by atoms with Crippen molar-refractivity contribution in [1.82, 2.24) is 14.8 Å². The second-order valence-electron chi connectivity index (χ2n) is 7.98. The topological polar surface area (TPSA) is 75.9 Å². The van der Waals surface area contributed by atoms with Crippen LogP contribution in [0.3, 0.4) is 0 Å². The van der Waals surface area contributed by atoms with Gasteiger partial charge in [-0.1, -0.05) is 6.07 Å². The van der Waals surface area contributed by atoms with Crippen LogP contribution in [-0.2, 0) is 11.3 Å². The lowest BCUT2D eigenvalue weighted by molar-refractivity contribution is -0.137. The maximum absolute atomic E-state index is 13.0. The van der Waals surface area contributed by atoms with Crippen molar-refractivity contribution < 1.29 is 13.9 Å². The molecule has 3 heterocycles. The predicted molar refractivity (Wildman–Crippen MR) is 118 cm³/mol. The summed E-state index contributed by atoms with van der Waals surface area (Å²) in [5.41, 5.74) is 2.14. The van der Waals surface area contributed by atoms with Crippen LogP contribution in [-0.4, -0.2) is 53.0 Å². The van der Waals surface area contributed by atoms with Gasteiger partial charge in [-0.25, -0.2) is 4.79 Å². The first-order valence-electron chi connectivity index (χ1n) is 10.6. The second kappa shape index (κ2) is 9.31. The number of amides is 1. The van der Waals surface area contributed by atoms with Crippen LogP contribution in [0.25, 0.3) is 11.0 Å². The number of rotatable bonds is 5. The van der Waals surface area contributed by atoms with E-state index in [1.165, 1.54) is 11.6 Å². The summed E-state index contributed by atoms with van der Waals surface area (Å²) in [7, 11) is 0. The molecule has 1 fully saturated rings. The van der Waals surface area contributed by atoms with E-state index in [1.54, 1.807) is 25.3 Å². The highest BCUT2D eigenvalue weighted by Crippen LogP contribution is 2.23. The third kappa shape index (κ3) is 5.11. The molecule has 0 aliphatic carbocycles. The maximum atomic E-state index is 13.0. The van der Waals surface area contributed by atoms with E-state index in [-0.39, 0.29) is 11.5 Å². The van der Waals surface area contributed by atoms with E-state index in [0.717, 1.165) is 43.5 Å². The van der Waals surface area contributed by atoms with E-state index in [9.17, 15) is 9.59 Å². The standard InChI is InChI=1S/C24H27N3O4/c1-17-13-23(28)31-22-7-6-20(14-21(17)22)30-18(2)24(29)27-10-4-9-26(11-12-27)16-19-5-3-8-25-15-19/h3,5-8,13-15,18H,4,9-12,16H2,1-2H3. The Morgan fingerprint density at radius 2 is 2.06 bits per heavy atom. The number of aryl methyl sites for hydroxylation is 1. The molecule has 1 unspecified atom stereocenters. The molecule has 31 heavy (non-hydrogen) atoms. The third-order valence-corrected chi connectivity index (χ3v) is 5.61. The lowest BCUT2D eigenvalue weighted by Gasteiger charge is -2.25. The summed E-state index contributed by atoms with van der Waals surface area (Å²) in [6, 6.07) is 10.7. The molecule has 162 valence electrons. The smallest absolute Gasteiger partial charge is 0.336 e. The third-order valence-electron chi connectivity index (χ3n) is 5.61. The molecule has 1 aromatic carbocycles. The number of pyridine rings is 1. The van der Waals surface area contributed by atoms with Crippen molar-refractivity contribution in [1.29, 1.82) is 0 Å². The van der Waals surface area contributed by atoms with Gasteiger partial charge < -0.3 is 14.1 Å². The number of aromatic nitrogens is 1. The number of benzene rings is 1. The van der Waals surface area contributed by atoms with Crippen molar-refractivity contribution in [3.63, 3.8) is 0 Å². The van der Waals surface area contributed by atoms with Gasteiger partial charge >= 0.3 is 5.63 Å². The number of hydrogen-bond donors (Lipinski definition) is 0. The summed E-state index contributed by atoms with van der Waals surface area (Å²) in [4.78, 5) is 33.0. The molecular weight excluding hydrogens is 394 g/mol. The zero-order valence-corrected chi connectivity index (χ0v) is 17.9. The zero-order valence-electron chi connectivity index (χ0n) is 17.9. The number of ether oxygens (including phenoxy) is 1. The Balaban J connectivity index is 1.38. The van der Waals surface area contributed by atoms with Gasteiger partial charge in [0.1, 0.15) is 11.3 Å². The van der Waals surface area contributed by atoms with Crippen LogP contribution in [0.4, 0.5) is 0 Å². The molecule has 0 saturated carbocycles. The van der Waals surface area contributed by atoms with Crippen molar-refractivity contribution in [2.45, 2.75) is 32.9 Å². The van der Waals surface area contributed by atoms with Gasteiger partial charge in [0.15, 0.2) is 6.10 Å². The van der Waals surface area contributed by atoms with E-state index in [1.807, 2.05) is 30.2 Å². The fourth-order valence-electron chi connectivity index (χ4n) is 3.98. The molecule has 1 amide bonds. The van der Waals surface area contributed by atoms with E-state index < -0.39 is 6.10 Å². The molecule has 4 rings (SSSR count). The van der Waals surface area contributed by atoms with Crippen molar-refractivity contribution in [3.05, 3.63) is 70.3 Å². The molecule has 7 heteroatoms. The quantitative estimate of drug-likeness (QED) is 0.590. The molecule has 2 aromatic heterocycles. The summed E-state index contributed by atoms with van der Waals surface area (Å²) in [6.07, 6.45) is 3.99. The van der Waals surface area contributed by atoms with Gasteiger partial charge in [-0.15, -0.1) is 0 Å². The van der Waals surface area contributed by atoms with Crippen LogP contribution in [0, 0.1) is 6.92 Å². The summed E-state index contributed by atoms with van der Waals surface area (Å²) in [5.74, 6) is 0.568. The number of carbonyl (C=O) groups excluding carboxylic acids is 1. The van der Waals surface area contributed by atoms with Crippen molar-refractivity contribution in [2.75, 3.05) is 26.2 Å². The van der Waals surface area contributed by atoms with Crippen molar-refractivity contribution in [3.8, 4) is 5.75 Å². The first kappa shape index (κ1) is 21.1. The lowest BCUT2D eigenvalue weighted by atomic mass is 10.1. The molecule has 3 aromatic rings. The van der Waals surface area contributed by atoms with Gasteiger partial charge in [0.25, 0.3) is 5.91 Å². The van der Waals surface area contributed by atoms with Gasteiger partial charge in [0.2, 0.25) is 0 Å². The summed E-state index contributed by atoms with van der Waals surface area (Å²) in [5, 5.41) is 0.803. The van der Waals surface area contributed by atoms with Crippen molar-refractivity contribution >= 4 is 16.9 Å². The Labute approximate surface area is 181 Å². The average Bonchev–Trinajstić information content (AvgIpc) is 3.00. The molecule has 7 nitrogen and oxygen atoms in total. The van der Waals surface area contributed by atoms with E-state index in [4.69, 9.17) is 9.15 Å². The molecule has 0 radical (unpaired) electrons. The number of hydrogen-bond acceptors (Lipinski definition) is 6. The Hall–Kier alpha value is -3.19. The molecule has 1 aliphatic heterocycles. The molecule has 0 bridgehead atoms. The van der Waals surface area contributed by atoms with Crippen LogP contribution in [0.15, 0.2) is 58.0 Å². The minimum Gasteiger partial charge on any atom is -0.481 e. The molecule has 1 atom stereocenters. The Morgan fingerprint density at radius 3 is 2.87 bits per heavy atom. The largest absolute Gasteiger partial charge is 0.481 e. The van der Waals surface area contributed by atoms with Crippen LogP contribution in [0.2, 0.25) is 0 Å². The van der Waals surface area contributed by atoms with E-state index in [2.05, 4.69) is 16.0 Å².